The molecule has 0 atom stereocenters. The molecule has 3 aromatic carbocycles. The van der Waals surface area contributed by atoms with Crippen LogP contribution in [0.4, 0.5) is 5.95 Å². The van der Waals surface area contributed by atoms with Gasteiger partial charge in [-0.15, -0.1) is 0 Å². The van der Waals surface area contributed by atoms with Crippen LogP contribution in [0, 0.1) is 0 Å². The number of hydrogen-bond acceptors (Lipinski definition) is 4. The highest BCUT2D eigenvalue weighted by Crippen LogP contribution is 2.24. The average Bonchev–Trinajstić information content (AvgIpc) is 3.14. The zero-order valence-corrected chi connectivity index (χ0v) is 15.9. The summed E-state index contributed by atoms with van der Waals surface area (Å²) in [6.45, 7) is -0.139. The molecule has 0 saturated heterocycles. The van der Waals surface area contributed by atoms with E-state index in [4.69, 9.17) is 0 Å². The summed E-state index contributed by atoms with van der Waals surface area (Å²) < 4.78 is 3.30. The van der Waals surface area contributed by atoms with Gasteiger partial charge in [-0.05, 0) is 36.4 Å². The van der Waals surface area contributed by atoms with Crippen molar-refractivity contribution in [2.45, 2.75) is 6.54 Å². The Hall–Kier alpha value is -4.26. The molecule has 30 heavy (non-hydrogen) atoms. The Labute approximate surface area is 171 Å². The van der Waals surface area contributed by atoms with Gasteiger partial charge in [0.05, 0.1) is 28.3 Å². The molecule has 0 fully saturated rings. The summed E-state index contributed by atoms with van der Waals surface area (Å²) >= 11 is 0. The minimum Gasteiger partial charge on any atom is -0.296 e. The summed E-state index contributed by atoms with van der Waals surface area (Å²) in [5.74, 6) is 0.0553. The molecule has 0 saturated carbocycles. The summed E-state index contributed by atoms with van der Waals surface area (Å²) in [6, 6.07) is 24.6. The maximum Gasteiger partial charge on any atom is 0.269 e. The van der Waals surface area contributed by atoms with Gasteiger partial charge in [-0.25, -0.2) is 9.97 Å². The topological polar surface area (TPSA) is 81.8 Å². The van der Waals surface area contributed by atoms with Crippen molar-refractivity contribution >= 4 is 33.9 Å². The van der Waals surface area contributed by atoms with Crippen molar-refractivity contribution in [2.24, 2.45) is 0 Å². The van der Waals surface area contributed by atoms with E-state index in [0.29, 0.717) is 17.0 Å². The Kier molecular flexibility index (Phi) is 4.33. The number of anilines is 1. The van der Waals surface area contributed by atoms with Crippen molar-refractivity contribution in [3.05, 3.63) is 95.4 Å². The molecule has 0 aliphatic rings. The number of carbonyl (C=O) groups excluding carboxylic acids is 1. The second kappa shape index (κ2) is 7.29. The fourth-order valence-electron chi connectivity index (χ4n) is 3.53. The monoisotopic (exact) mass is 395 g/mol. The van der Waals surface area contributed by atoms with E-state index in [1.165, 1.54) is 10.8 Å². The first kappa shape index (κ1) is 17.8. The third-order valence-electron chi connectivity index (χ3n) is 4.88. The van der Waals surface area contributed by atoms with Crippen molar-refractivity contribution in [3.8, 4) is 5.69 Å². The minimum atomic E-state index is -0.346. The number of benzene rings is 3. The van der Waals surface area contributed by atoms with Crippen LogP contribution in [0.1, 0.15) is 0 Å². The van der Waals surface area contributed by atoms with E-state index in [-0.39, 0.29) is 18.0 Å². The molecule has 2 heterocycles. The summed E-state index contributed by atoms with van der Waals surface area (Å²) in [5, 5.41) is 2.87. The second-order valence-electron chi connectivity index (χ2n) is 6.81. The van der Waals surface area contributed by atoms with Crippen LogP contribution in [0.3, 0.4) is 0 Å². The number of fused-ring (bicyclic) bond motifs is 2. The van der Waals surface area contributed by atoms with Crippen molar-refractivity contribution in [1.82, 2.24) is 19.1 Å². The van der Waals surface area contributed by atoms with Gasteiger partial charge in [-0.3, -0.25) is 24.0 Å². The fraction of sp³-hybridized carbons (Fsp3) is 0.0435. The summed E-state index contributed by atoms with van der Waals surface area (Å²) in [4.78, 5) is 34.0. The van der Waals surface area contributed by atoms with Crippen LogP contribution in [0.25, 0.3) is 27.8 Å². The normalized spacial score (nSPS) is 11.1. The van der Waals surface area contributed by atoms with Crippen molar-refractivity contribution in [1.29, 1.82) is 0 Å². The number of nitrogens with one attached hydrogen (secondary N) is 1. The number of para-hydroxylation sites is 5. The Balaban J connectivity index is 1.54. The Bertz CT molecular complexity index is 1440. The number of carbonyl (C=O) groups is 1. The fourth-order valence-corrected chi connectivity index (χ4v) is 3.53. The Morgan fingerprint density at radius 2 is 1.50 bits per heavy atom. The predicted octanol–water partition coefficient (Wildman–Crippen LogP) is 3.37. The lowest BCUT2D eigenvalue weighted by Gasteiger charge is -2.12. The molecule has 0 bridgehead atoms. The number of aromatic nitrogens is 4. The van der Waals surface area contributed by atoms with Crippen molar-refractivity contribution < 1.29 is 4.79 Å². The molecule has 0 unspecified atom stereocenters. The van der Waals surface area contributed by atoms with Gasteiger partial charge >= 0.3 is 0 Å². The zero-order chi connectivity index (χ0) is 20.5. The molecule has 5 aromatic rings. The Morgan fingerprint density at radius 3 is 2.30 bits per heavy atom. The van der Waals surface area contributed by atoms with E-state index < -0.39 is 0 Å². The molecule has 0 aliphatic carbocycles. The SMILES string of the molecule is O=C(Cn1c(=O)cnc2ccccc21)Nc1nc2ccccc2n1-c1ccccc1. The van der Waals surface area contributed by atoms with Crippen LogP contribution in [-0.2, 0) is 11.3 Å². The van der Waals surface area contributed by atoms with Crippen LogP contribution in [0.5, 0.6) is 0 Å². The highest BCUT2D eigenvalue weighted by Gasteiger charge is 2.16. The van der Waals surface area contributed by atoms with Crippen LogP contribution in [0.2, 0.25) is 0 Å². The molecular formula is C23H17N5O2. The lowest BCUT2D eigenvalue weighted by molar-refractivity contribution is -0.116. The molecule has 2 aromatic heterocycles. The lowest BCUT2D eigenvalue weighted by atomic mass is 10.3. The predicted molar refractivity (Wildman–Crippen MR) is 116 cm³/mol. The van der Waals surface area contributed by atoms with Crippen LogP contribution >= 0.6 is 0 Å². The highest BCUT2D eigenvalue weighted by atomic mass is 16.2. The van der Waals surface area contributed by atoms with E-state index in [0.717, 1.165) is 16.7 Å². The van der Waals surface area contributed by atoms with Gasteiger partial charge in [0, 0.05) is 5.69 Å². The molecule has 7 nitrogen and oxygen atoms in total. The maximum absolute atomic E-state index is 12.9. The molecule has 1 N–H and O–H groups in total. The number of rotatable bonds is 4. The van der Waals surface area contributed by atoms with Gasteiger partial charge in [-0.2, -0.15) is 0 Å². The van der Waals surface area contributed by atoms with Gasteiger partial charge < -0.3 is 0 Å². The first-order valence-corrected chi connectivity index (χ1v) is 9.48. The van der Waals surface area contributed by atoms with E-state index >= 15 is 0 Å². The largest absolute Gasteiger partial charge is 0.296 e. The first-order chi connectivity index (χ1) is 14.7. The highest BCUT2D eigenvalue weighted by molar-refractivity contribution is 5.93. The summed E-state index contributed by atoms with van der Waals surface area (Å²) in [7, 11) is 0. The molecule has 7 heteroatoms. The molecule has 0 aliphatic heterocycles. The van der Waals surface area contributed by atoms with Gasteiger partial charge in [0.15, 0.2) is 0 Å². The average molecular weight is 395 g/mol. The molecule has 146 valence electrons. The lowest BCUT2D eigenvalue weighted by Crippen LogP contribution is -2.28. The van der Waals surface area contributed by atoms with E-state index in [1.54, 1.807) is 12.1 Å². The number of hydrogen-bond donors (Lipinski definition) is 1. The number of amides is 1. The summed E-state index contributed by atoms with van der Waals surface area (Å²) in [6.07, 6.45) is 1.23. The quantitative estimate of drug-likeness (QED) is 0.506. The van der Waals surface area contributed by atoms with E-state index in [9.17, 15) is 9.59 Å². The second-order valence-corrected chi connectivity index (χ2v) is 6.81. The van der Waals surface area contributed by atoms with Crippen LogP contribution in [0.15, 0.2) is 89.9 Å². The van der Waals surface area contributed by atoms with E-state index in [2.05, 4.69) is 15.3 Å². The van der Waals surface area contributed by atoms with Gasteiger partial charge in [-0.1, -0.05) is 42.5 Å². The van der Waals surface area contributed by atoms with Gasteiger partial charge in [0.25, 0.3) is 5.56 Å². The van der Waals surface area contributed by atoms with Crippen molar-refractivity contribution in [2.75, 3.05) is 5.32 Å². The Morgan fingerprint density at radius 1 is 0.833 bits per heavy atom. The van der Waals surface area contributed by atoms with Gasteiger partial charge in [0.2, 0.25) is 11.9 Å². The molecule has 0 spiro atoms. The minimum absolute atomic E-state index is 0.139. The smallest absolute Gasteiger partial charge is 0.269 e. The van der Waals surface area contributed by atoms with E-state index in [1.807, 2.05) is 71.3 Å². The first-order valence-electron chi connectivity index (χ1n) is 9.48. The third-order valence-corrected chi connectivity index (χ3v) is 4.88. The maximum atomic E-state index is 12.9. The third kappa shape index (κ3) is 3.12. The summed E-state index contributed by atoms with van der Waals surface area (Å²) in [5.41, 5.74) is 3.46. The molecule has 1 amide bonds. The van der Waals surface area contributed by atoms with Crippen LogP contribution < -0.4 is 10.9 Å². The number of nitrogens with zero attached hydrogens (tertiary/aromatic N) is 4. The number of imidazole rings is 1. The molecule has 5 rings (SSSR count). The van der Waals surface area contributed by atoms with Crippen molar-refractivity contribution in [3.63, 3.8) is 0 Å². The molecule has 0 radical (unpaired) electrons. The van der Waals surface area contributed by atoms with Gasteiger partial charge in [0.1, 0.15) is 6.54 Å². The molecular weight excluding hydrogens is 378 g/mol. The standard InChI is InChI=1S/C23H17N5O2/c29-21(15-27-19-12-6-4-10-17(19)24-14-22(27)30)26-23-25-18-11-5-7-13-20(18)28(23)16-8-2-1-3-9-16/h1-14H,15H2,(H,25,26,29). The zero-order valence-electron chi connectivity index (χ0n) is 15.9. The van der Waals surface area contributed by atoms with Crippen LogP contribution in [-0.4, -0.2) is 25.0 Å².